The Morgan fingerprint density at radius 1 is 0.958 bits per heavy atom. The van der Waals surface area contributed by atoms with Gasteiger partial charge < -0.3 is 4.74 Å². The monoisotopic (exact) mass is 404 g/mol. The summed E-state index contributed by atoms with van der Waals surface area (Å²) < 4.78 is 33.3. The molecule has 0 unspecified atom stereocenters. The molecule has 0 saturated heterocycles. The van der Waals surface area contributed by atoms with Gasteiger partial charge in [0, 0.05) is 38.5 Å². The van der Waals surface area contributed by atoms with Crippen molar-refractivity contribution in [2.75, 3.05) is 0 Å². The van der Waals surface area contributed by atoms with Gasteiger partial charge in [0.05, 0.1) is 5.56 Å². The first-order valence-electron chi connectivity index (χ1n) is 8.18. The molecule has 1 radical (unpaired) electrons. The molecule has 0 spiro atoms. The summed E-state index contributed by atoms with van der Waals surface area (Å²) in [5, 5.41) is 0. The van der Waals surface area contributed by atoms with E-state index in [4.69, 9.17) is 4.74 Å². The van der Waals surface area contributed by atoms with Crippen LogP contribution in [0.2, 0.25) is 0 Å². The van der Waals surface area contributed by atoms with Crippen LogP contribution in [0.25, 0.3) is 0 Å². The van der Waals surface area contributed by atoms with E-state index in [1.165, 1.54) is 37.1 Å². The summed E-state index contributed by atoms with van der Waals surface area (Å²) in [7, 11) is 0. The van der Waals surface area contributed by atoms with Gasteiger partial charge in [0.1, 0.15) is 0 Å². The fraction of sp³-hybridized carbons (Fsp3) is 0.400. The minimum absolute atomic E-state index is 0. The molecule has 24 heavy (non-hydrogen) atoms. The minimum atomic E-state index is -3.33. The molecule has 1 aliphatic rings. The van der Waals surface area contributed by atoms with Crippen LogP contribution in [0.5, 0.6) is 5.75 Å². The topological polar surface area (TPSA) is 9.23 Å². The second-order valence-electron chi connectivity index (χ2n) is 6.43. The van der Waals surface area contributed by atoms with E-state index in [1.54, 1.807) is 12.1 Å². The van der Waals surface area contributed by atoms with Crippen molar-refractivity contribution in [3.63, 3.8) is 0 Å². The summed E-state index contributed by atoms with van der Waals surface area (Å²) in [6, 6.07) is 15.5. The fourth-order valence-electron chi connectivity index (χ4n) is 3.19. The van der Waals surface area contributed by atoms with Crippen LogP contribution in [0.3, 0.4) is 0 Å². The first-order chi connectivity index (χ1) is 11.0. The molecule has 1 aliphatic carbocycles. The van der Waals surface area contributed by atoms with Gasteiger partial charge in [0.2, 0.25) is 0 Å². The van der Waals surface area contributed by atoms with E-state index >= 15 is 0 Å². The van der Waals surface area contributed by atoms with Crippen LogP contribution < -0.4 is 4.74 Å². The van der Waals surface area contributed by atoms with Gasteiger partial charge >= 0.3 is 6.11 Å². The van der Waals surface area contributed by atoms with E-state index < -0.39 is 6.11 Å². The van der Waals surface area contributed by atoms with Crippen molar-refractivity contribution in [2.45, 2.75) is 44.6 Å². The Morgan fingerprint density at radius 3 is 2.12 bits per heavy atom. The maximum Gasteiger partial charge on any atom is 0.424 e. The molecule has 1 saturated carbocycles. The molecule has 0 aromatic heterocycles. The third kappa shape index (κ3) is 4.86. The normalized spacial score (nSPS) is 21.0. The van der Waals surface area contributed by atoms with Crippen molar-refractivity contribution in [3.8, 4) is 5.75 Å². The zero-order chi connectivity index (χ0) is 16.3. The Labute approximate surface area is 167 Å². The summed E-state index contributed by atoms with van der Waals surface area (Å²) in [6.45, 7) is 2.28. The van der Waals surface area contributed by atoms with Gasteiger partial charge in [-0.2, -0.15) is 27.0 Å². The number of halogens is 2. The zero-order valence-corrected chi connectivity index (χ0v) is 16.7. The maximum atomic E-state index is 14.2. The van der Waals surface area contributed by atoms with Gasteiger partial charge in [-0.1, -0.05) is 31.9 Å². The Morgan fingerprint density at radius 2 is 1.54 bits per heavy atom. The van der Waals surface area contributed by atoms with Gasteiger partial charge in [0.15, 0.2) is 0 Å². The molecule has 0 amide bonds. The molecule has 2 aromatic rings. The van der Waals surface area contributed by atoms with E-state index in [0.29, 0.717) is 5.92 Å². The van der Waals surface area contributed by atoms with Crippen LogP contribution in [0.15, 0.2) is 48.5 Å². The zero-order valence-electron chi connectivity index (χ0n) is 13.8. The van der Waals surface area contributed by atoms with Gasteiger partial charge in [0.25, 0.3) is 0 Å². The molecule has 0 aliphatic heterocycles. The van der Waals surface area contributed by atoms with Gasteiger partial charge in [-0.15, -0.1) is 12.1 Å². The van der Waals surface area contributed by atoms with Crippen LogP contribution in [-0.2, 0) is 38.8 Å². The molecule has 0 N–H and O–H groups in total. The Hall–Kier alpha value is -0.796. The van der Waals surface area contributed by atoms with Crippen LogP contribution >= 0.6 is 0 Å². The number of ether oxygens (including phenoxy) is 1. The third-order valence-electron chi connectivity index (χ3n) is 4.67. The van der Waals surface area contributed by atoms with Crippen molar-refractivity contribution >= 4 is 0 Å². The largest absolute Gasteiger partial charge is 0.456 e. The number of alkyl halides is 2. The number of rotatable bonds is 4. The van der Waals surface area contributed by atoms with Gasteiger partial charge in [-0.3, -0.25) is 0 Å². The van der Waals surface area contributed by atoms with Crippen LogP contribution in [-0.4, -0.2) is 0 Å². The second-order valence-corrected chi connectivity index (χ2v) is 6.43. The summed E-state index contributed by atoms with van der Waals surface area (Å²) in [4.78, 5) is 0. The molecule has 3 rings (SSSR count). The number of hydrogen-bond donors (Lipinski definition) is 0. The number of benzene rings is 2. The molecule has 1 nitrogen and oxygen atoms in total. The SMILES string of the molecule is CC1CCC(c2ccc(C(F)(F)Oc3cc[c-]cc3)cc2)CC1.[Y]. The molecule has 125 valence electrons. The molecule has 0 atom stereocenters. The van der Waals surface area contributed by atoms with Crippen LogP contribution in [0, 0.1) is 12.0 Å². The Balaban J connectivity index is 0.00000208. The maximum absolute atomic E-state index is 14.2. The van der Waals surface area contributed by atoms with Crippen molar-refractivity contribution in [1.82, 2.24) is 0 Å². The third-order valence-corrected chi connectivity index (χ3v) is 4.67. The van der Waals surface area contributed by atoms with Crippen LogP contribution in [0.1, 0.15) is 49.7 Å². The second kappa shape index (κ2) is 8.53. The van der Waals surface area contributed by atoms with E-state index in [-0.39, 0.29) is 44.0 Å². The van der Waals surface area contributed by atoms with Crippen molar-refractivity contribution in [1.29, 1.82) is 0 Å². The molecule has 0 heterocycles. The molecular formula is C20H21F2OY-. The number of hydrogen-bond acceptors (Lipinski definition) is 1. The first-order valence-corrected chi connectivity index (χ1v) is 8.18. The van der Waals surface area contributed by atoms with E-state index in [9.17, 15) is 8.78 Å². The quantitative estimate of drug-likeness (QED) is 0.576. The first kappa shape index (κ1) is 19.5. The average molecular weight is 404 g/mol. The standard InChI is InChI=1S/C20H21F2O.Y/c1-15-7-9-16(10-8-15)17-11-13-18(14-12-17)20(21,22)23-19-5-3-2-4-6-19;/h3-6,11-16H,7-10H2,1H3;/q-1;. The van der Waals surface area contributed by atoms with E-state index in [2.05, 4.69) is 13.0 Å². The summed E-state index contributed by atoms with van der Waals surface area (Å²) in [5.74, 6) is 1.42. The molecule has 0 bridgehead atoms. The van der Waals surface area contributed by atoms with Gasteiger partial charge in [-0.25, -0.2) is 0 Å². The van der Waals surface area contributed by atoms with Crippen molar-refractivity contribution in [2.24, 2.45) is 5.92 Å². The van der Waals surface area contributed by atoms with E-state index in [0.717, 1.165) is 24.3 Å². The molecule has 4 heteroatoms. The molecular weight excluding hydrogens is 383 g/mol. The van der Waals surface area contributed by atoms with Crippen molar-refractivity contribution < 1.29 is 46.2 Å². The fourth-order valence-corrected chi connectivity index (χ4v) is 3.19. The van der Waals surface area contributed by atoms with Crippen LogP contribution in [0.4, 0.5) is 8.78 Å². The molecule has 2 aromatic carbocycles. The Kier molecular flexibility index (Phi) is 6.94. The van der Waals surface area contributed by atoms with Gasteiger partial charge in [-0.05, 0) is 42.4 Å². The smallest absolute Gasteiger partial charge is 0.424 e. The Bertz CT molecular complexity index is 620. The van der Waals surface area contributed by atoms with Crippen molar-refractivity contribution in [3.05, 3.63) is 65.7 Å². The average Bonchev–Trinajstić information content (AvgIpc) is 2.56. The minimum Gasteiger partial charge on any atom is -0.456 e. The predicted octanol–water partition coefficient (Wildman–Crippen LogP) is 5.91. The summed E-state index contributed by atoms with van der Waals surface area (Å²) in [6.07, 6.45) is 1.40. The predicted molar refractivity (Wildman–Crippen MR) is 86.6 cm³/mol. The summed E-state index contributed by atoms with van der Waals surface area (Å²) >= 11 is 0. The van der Waals surface area contributed by atoms with E-state index in [1.807, 2.05) is 12.1 Å². The molecule has 1 fully saturated rings. The summed E-state index contributed by atoms with van der Waals surface area (Å²) in [5.41, 5.74) is 1.05.